The zero-order valence-electron chi connectivity index (χ0n) is 13.5. The monoisotopic (exact) mass is 316 g/mol. The summed E-state index contributed by atoms with van der Waals surface area (Å²) in [6.45, 7) is 11.7. The van der Waals surface area contributed by atoms with Gasteiger partial charge in [0.25, 0.3) is 0 Å². The molecular weight excluding hydrogens is 288 g/mol. The van der Waals surface area contributed by atoms with Gasteiger partial charge in [-0.3, -0.25) is 4.68 Å². The molecule has 0 saturated carbocycles. The third-order valence-electron chi connectivity index (χ3n) is 3.53. The maximum absolute atomic E-state index is 11.6. The Hall–Kier alpha value is -1.08. The fraction of sp³-hybridized carbons (Fsp3) is 0.786. The number of hydrogen-bond donors (Lipinski definition) is 1. The van der Waals surface area contributed by atoms with E-state index in [0.717, 1.165) is 31.9 Å². The molecule has 0 aromatic carbocycles. The Morgan fingerprint density at radius 2 is 2.00 bits per heavy atom. The van der Waals surface area contributed by atoms with Crippen LogP contribution in [0, 0.1) is 0 Å². The van der Waals surface area contributed by atoms with E-state index in [1.807, 2.05) is 17.8 Å². The summed E-state index contributed by atoms with van der Waals surface area (Å²) in [6.07, 6.45) is 3.68. The van der Waals surface area contributed by atoms with Crippen molar-refractivity contribution >= 4 is 15.5 Å². The molecule has 0 saturated heterocycles. The molecule has 0 radical (unpaired) electrons. The van der Waals surface area contributed by atoms with Crippen LogP contribution in [0.1, 0.15) is 27.7 Å². The van der Waals surface area contributed by atoms with Crippen molar-refractivity contribution in [1.82, 2.24) is 14.7 Å². The minimum atomic E-state index is -2.96. The van der Waals surface area contributed by atoms with Gasteiger partial charge in [-0.25, -0.2) is 8.42 Å². The van der Waals surface area contributed by atoms with Crippen molar-refractivity contribution in [2.75, 3.05) is 36.5 Å². The van der Waals surface area contributed by atoms with Gasteiger partial charge in [-0.2, -0.15) is 5.10 Å². The molecule has 122 valence electrons. The van der Waals surface area contributed by atoms with E-state index in [-0.39, 0.29) is 17.5 Å². The Bertz CT molecular complexity index is 509. The lowest BCUT2D eigenvalue weighted by atomic mass is 10.4. The van der Waals surface area contributed by atoms with Gasteiger partial charge in [0.1, 0.15) is 0 Å². The highest BCUT2D eigenvalue weighted by Gasteiger charge is 2.14. The lowest BCUT2D eigenvalue weighted by molar-refractivity contribution is 0.285. The first kappa shape index (κ1) is 18.0. The van der Waals surface area contributed by atoms with Crippen LogP contribution in [0.3, 0.4) is 0 Å². The molecule has 0 spiro atoms. The van der Waals surface area contributed by atoms with Crippen molar-refractivity contribution in [2.45, 2.75) is 40.3 Å². The number of rotatable bonds is 10. The molecule has 0 aliphatic heterocycles. The predicted molar refractivity (Wildman–Crippen MR) is 87.4 cm³/mol. The quantitative estimate of drug-likeness (QED) is 0.708. The van der Waals surface area contributed by atoms with Gasteiger partial charge in [-0.15, -0.1) is 0 Å². The Morgan fingerprint density at radius 3 is 2.57 bits per heavy atom. The highest BCUT2D eigenvalue weighted by molar-refractivity contribution is 7.91. The molecule has 1 N–H and O–H groups in total. The molecule has 0 bridgehead atoms. The zero-order chi connectivity index (χ0) is 15.9. The zero-order valence-corrected chi connectivity index (χ0v) is 14.4. The number of sulfone groups is 1. The third kappa shape index (κ3) is 6.48. The van der Waals surface area contributed by atoms with Gasteiger partial charge in [0.15, 0.2) is 9.84 Å². The second-order valence-electron chi connectivity index (χ2n) is 5.26. The molecule has 1 heterocycles. The summed E-state index contributed by atoms with van der Waals surface area (Å²) in [5.74, 6) is 0.330. The van der Waals surface area contributed by atoms with E-state index in [1.54, 1.807) is 13.1 Å². The predicted octanol–water partition coefficient (Wildman–Crippen LogP) is 1.46. The fourth-order valence-corrected chi connectivity index (χ4v) is 3.25. The Morgan fingerprint density at radius 1 is 1.33 bits per heavy atom. The topological polar surface area (TPSA) is 67.2 Å². The van der Waals surface area contributed by atoms with Crippen molar-refractivity contribution in [2.24, 2.45) is 0 Å². The van der Waals surface area contributed by atoms with Crippen LogP contribution in [0.2, 0.25) is 0 Å². The van der Waals surface area contributed by atoms with E-state index < -0.39 is 9.84 Å². The molecular formula is C14H28N4O2S. The summed E-state index contributed by atoms with van der Waals surface area (Å²) >= 11 is 0. The normalized spacial score (nSPS) is 13.6. The van der Waals surface area contributed by atoms with Gasteiger partial charge in [0, 0.05) is 24.5 Å². The first-order valence-corrected chi connectivity index (χ1v) is 9.44. The molecule has 1 aromatic rings. The largest absolute Gasteiger partial charge is 0.379 e. The molecule has 7 heteroatoms. The summed E-state index contributed by atoms with van der Waals surface area (Å²) in [5, 5.41) is 7.50. The smallest absolute Gasteiger partial charge is 0.152 e. The van der Waals surface area contributed by atoms with E-state index in [4.69, 9.17) is 0 Å². The minimum absolute atomic E-state index is 0.115. The van der Waals surface area contributed by atoms with E-state index in [2.05, 4.69) is 29.2 Å². The molecule has 1 atom stereocenters. The van der Waals surface area contributed by atoms with E-state index in [1.165, 1.54) is 0 Å². The minimum Gasteiger partial charge on any atom is -0.379 e. The first-order chi connectivity index (χ1) is 9.90. The molecule has 1 aromatic heterocycles. The SMILES string of the molecule is CCN(CC)CCn1cc(NC(C)CS(=O)(=O)CC)cn1. The summed E-state index contributed by atoms with van der Waals surface area (Å²) in [6, 6.07) is -0.115. The summed E-state index contributed by atoms with van der Waals surface area (Å²) in [7, 11) is -2.96. The highest BCUT2D eigenvalue weighted by Crippen LogP contribution is 2.08. The standard InChI is InChI=1S/C14H28N4O2S/c1-5-17(6-2)8-9-18-11-14(10-15-18)16-13(4)12-21(19,20)7-3/h10-11,13,16H,5-9,12H2,1-4H3. The Labute approximate surface area is 128 Å². The Kier molecular flexibility index (Phi) is 7.17. The van der Waals surface area contributed by atoms with Gasteiger partial charge < -0.3 is 10.2 Å². The van der Waals surface area contributed by atoms with Crippen LogP contribution < -0.4 is 5.32 Å². The third-order valence-corrected chi connectivity index (χ3v) is 5.42. The van der Waals surface area contributed by atoms with E-state index in [0.29, 0.717) is 0 Å². The molecule has 21 heavy (non-hydrogen) atoms. The van der Waals surface area contributed by atoms with Crippen LogP contribution in [0.15, 0.2) is 12.4 Å². The van der Waals surface area contributed by atoms with Crippen molar-refractivity contribution in [3.05, 3.63) is 12.4 Å². The van der Waals surface area contributed by atoms with Gasteiger partial charge >= 0.3 is 0 Å². The van der Waals surface area contributed by atoms with Crippen LogP contribution in [-0.4, -0.2) is 60.3 Å². The van der Waals surface area contributed by atoms with E-state index >= 15 is 0 Å². The first-order valence-electron chi connectivity index (χ1n) is 7.61. The molecule has 1 unspecified atom stereocenters. The van der Waals surface area contributed by atoms with Crippen LogP contribution in [0.25, 0.3) is 0 Å². The van der Waals surface area contributed by atoms with Gasteiger partial charge in [-0.1, -0.05) is 20.8 Å². The molecule has 0 amide bonds. The van der Waals surface area contributed by atoms with Crippen LogP contribution in [0.4, 0.5) is 5.69 Å². The number of anilines is 1. The summed E-state index contributed by atoms with van der Waals surface area (Å²) in [4.78, 5) is 2.34. The number of nitrogens with one attached hydrogen (secondary N) is 1. The van der Waals surface area contributed by atoms with Crippen LogP contribution >= 0.6 is 0 Å². The lowest BCUT2D eigenvalue weighted by Crippen LogP contribution is -2.27. The number of aromatic nitrogens is 2. The van der Waals surface area contributed by atoms with Crippen molar-refractivity contribution < 1.29 is 8.42 Å². The van der Waals surface area contributed by atoms with Gasteiger partial charge in [0.2, 0.25) is 0 Å². The van der Waals surface area contributed by atoms with Crippen LogP contribution in [-0.2, 0) is 16.4 Å². The average molecular weight is 316 g/mol. The molecule has 0 aliphatic carbocycles. The lowest BCUT2D eigenvalue weighted by Gasteiger charge is -2.17. The highest BCUT2D eigenvalue weighted by atomic mass is 32.2. The number of hydrogen-bond acceptors (Lipinski definition) is 5. The molecule has 0 fully saturated rings. The van der Waals surface area contributed by atoms with Crippen molar-refractivity contribution in [1.29, 1.82) is 0 Å². The second kappa shape index (κ2) is 8.38. The average Bonchev–Trinajstić information content (AvgIpc) is 2.86. The van der Waals surface area contributed by atoms with Crippen molar-refractivity contribution in [3.8, 4) is 0 Å². The maximum Gasteiger partial charge on any atom is 0.152 e. The van der Waals surface area contributed by atoms with Gasteiger partial charge in [0.05, 0.1) is 24.2 Å². The number of likely N-dealkylation sites (N-methyl/N-ethyl adjacent to an activating group) is 1. The van der Waals surface area contributed by atoms with Crippen molar-refractivity contribution in [3.63, 3.8) is 0 Å². The molecule has 1 rings (SSSR count). The summed E-state index contributed by atoms with van der Waals surface area (Å²) in [5.41, 5.74) is 0.869. The summed E-state index contributed by atoms with van der Waals surface area (Å²) < 4.78 is 25.1. The number of nitrogens with zero attached hydrogens (tertiary/aromatic N) is 3. The second-order valence-corrected chi connectivity index (χ2v) is 7.66. The van der Waals surface area contributed by atoms with Gasteiger partial charge in [-0.05, 0) is 20.0 Å². The van der Waals surface area contributed by atoms with E-state index in [9.17, 15) is 8.42 Å². The molecule has 6 nitrogen and oxygen atoms in total. The Balaban J connectivity index is 2.48. The fourth-order valence-electron chi connectivity index (χ4n) is 2.17. The maximum atomic E-state index is 11.6. The molecule has 0 aliphatic rings. The van der Waals surface area contributed by atoms with Crippen LogP contribution in [0.5, 0.6) is 0 Å².